The van der Waals surface area contributed by atoms with Crippen LogP contribution < -0.4 is 11.2 Å². The molecule has 0 fully saturated rings. The molecule has 0 saturated heterocycles. The molecule has 1 aliphatic carbocycles. The van der Waals surface area contributed by atoms with Crippen molar-refractivity contribution in [1.82, 2.24) is 0 Å². The fraction of sp³-hybridized carbons (Fsp3) is 0.353. The number of nitrogens with two attached hydrogens (primary N) is 1. The zero-order valence-electron chi connectivity index (χ0n) is 12.6. The number of rotatable bonds is 1. The number of nitrogens with one attached hydrogen (secondary N) is 1. The van der Waals surface area contributed by atoms with Crippen LogP contribution in [0.4, 0.5) is 5.00 Å². The molecule has 1 aliphatic heterocycles. The summed E-state index contributed by atoms with van der Waals surface area (Å²) in [6, 6.07) is 10.8. The topological polar surface area (TPSA) is 41.1 Å². The van der Waals surface area contributed by atoms with E-state index in [-0.39, 0.29) is 6.04 Å². The van der Waals surface area contributed by atoms with Gasteiger partial charge in [0, 0.05) is 10.4 Å². The number of aryl methyl sites for hydroxylation is 1. The van der Waals surface area contributed by atoms with Gasteiger partial charge in [0.25, 0.3) is 0 Å². The second kappa shape index (κ2) is 5.63. The maximum absolute atomic E-state index is 6.49. The number of benzene rings is 1. The van der Waals surface area contributed by atoms with E-state index in [9.17, 15) is 0 Å². The summed E-state index contributed by atoms with van der Waals surface area (Å²) in [5.41, 5.74) is 4.22. The van der Waals surface area contributed by atoms with Gasteiger partial charge in [0.15, 0.2) is 11.0 Å². The first kappa shape index (κ1) is 14.2. The number of amidine groups is 1. The Morgan fingerprint density at radius 2 is 2.00 bits per heavy atom. The minimum absolute atomic E-state index is 0.123. The summed E-state index contributed by atoms with van der Waals surface area (Å²) in [5, 5.41) is 5.88. The third-order valence-corrected chi connectivity index (χ3v) is 6.45. The lowest BCUT2D eigenvalue weighted by atomic mass is 9.89. The third-order valence-electron chi connectivity index (χ3n) is 4.53. The molecule has 2 aromatic rings. The second-order valence-corrected chi connectivity index (χ2v) is 7.71. The van der Waals surface area contributed by atoms with Gasteiger partial charge in [-0.05, 0) is 49.3 Å². The van der Waals surface area contributed by atoms with Crippen LogP contribution in [0, 0.1) is 0 Å². The van der Waals surface area contributed by atoms with Crippen LogP contribution in [0.5, 0.6) is 0 Å². The smallest absolute Gasteiger partial charge is 0.272 e. The summed E-state index contributed by atoms with van der Waals surface area (Å²) < 4.78 is 1.91. The fourth-order valence-electron chi connectivity index (χ4n) is 3.51. The number of hydrogen-bond donors (Lipinski definition) is 2. The van der Waals surface area contributed by atoms with E-state index in [1.807, 2.05) is 16.0 Å². The molecule has 5 heteroatoms. The van der Waals surface area contributed by atoms with Crippen LogP contribution in [0.3, 0.4) is 0 Å². The molecule has 114 valence electrons. The van der Waals surface area contributed by atoms with Gasteiger partial charge < -0.3 is 0 Å². The highest BCUT2D eigenvalue weighted by molar-refractivity contribution is 8.13. The molecule has 4 rings (SSSR count). The number of thiophene rings is 1. The predicted molar refractivity (Wildman–Crippen MR) is 95.8 cm³/mol. The quantitative estimate of drug-likeness (QED) is 0.618. The lowest BCUT2D eigenvalue weighted by Crippen LogP contribution is -2.38. The van der Waals surface area contributed by atoms with Gasteiger partial charge in [-0.15, -0.1) is 4.68 Å². The van der Waals surface area contributed by atoms with Crippen LogP contribution in [0.1, 0.15) is 40.5 Å². The SMILES string of the molecule is CSC1=[N+](N)C(c2ccccc2)c2c(sc3c2CCCC3)N1. The number of anilines is 1. The molecule has 1 unspecified atom stereocenters. The average molecular weight is 331 g/mol. The van der Waals surface area contributed by atoms with Gasteiger partial charge in [-0.25, -0.2) is 5.32 Å². The van der Waals surface area contributed by atoms with Crippen molar-refractivity contribution in [3.8, 4) is 0 Å². The summed E-state index contributed by atoms with van der Waals surface area (Å²) in [5.74, 6) is 6.49. The number of thioether (sulfide) groups is 1. The molecule has 22 heavy (non-hydrogen) atoms. The minimum atomic E-state index is 0.123. The molecule has 1 aromatic heterocycles. The van der Waals surface area contributed by atoms with Crippen molar-refractivity contribution in [2.45, 2.75) is 31.7 Å². The van der Waals surface area contributed by atoms with Gasteiger partial charge in [0.05, 0.1) is 5.56 Å². The highest BCUT2D eigenvalue weighted by atomic mass is 32.2. The average Bonchev–Trinajstić information content (AvgIpc) is 2.93. The Kier molecular flexibility index (Phi) is 3.62. The Morgan fingerprint density at radius 1 is 1.23 bits per heavy atom. The highest BCUT2D eigenvalue weighted by Gasteiger charge is 2.38. The second-order valence-electron chi connectivity index (χ2n) is 5.81. The van der Waals surface area contributed by atoms with E-state index in [0.29, 0.717) is 0 Å². The first-order valence-electron chi connectivity index (χ1n) is 7.71. The number of nitrogens with zero attached hydrogens (tertiary/aromatic N) is 1. The number of hydrazone groups is 1. The van der Waals surface area contributed by atoms with Crippen LogP contribution in [-0.2, 0) is 12.8 Å². The Balaban J connectivity index is 1.92. The molecule has 1 aromatic carbocycles. The molecular formula is C17H20N3S2+. The molecule has 0 spiro atoms. The largest absolute Gasteiger partial charge is 0.335 e. The summed E-state index contributed by atoms with van der Waals surface area (Å²) in [7, 11) is 0. The maximum Gasteiger partial charge on any atom is 0.335 e. The van der Waals surface area contributed by atoms with Crippen molar-refractivity contribution in [3.63, 3.8) is 0 Å². The Morgan fingerprint density at radius 3 is 2.77 bits per heavy atom. The summed E-state index contributed by atoms with van der Waals surface area (Å²) in [6.45, 7) is 0. The van der Waals surface area contributed by atoms with E-state index in [1.54, 1.807) is 22.2 Å². The van der Waals surface area contributed by atoms with Gasteiger partial charge in [-0.1, -0.05) is 41.7 Å². The van der Waals surface area contributed by atoms with Gasteiger partial charge >= 0.3 is 5.17 Å². The van der Waals surface area contributed by atoms with Crippen molar-refractivity contribution in [1.29, 1.82) is 0 Å². The van der Waals surface area contributed by atoms with Crippen molar-refractivity contribution < 1.29 is 4.68 Å². The third kappa shape index (κ3) is 2.15. The van der Waals surface area contributed by atoms with E-state index in [2.05, 4.69) is 41.9 Å². The monoisotopic (exact) mass is 330 g/mol. The van der Waals surface area contributed by atoms with E-state index >= 15 is 0 Å². The van der Waals surface area contributed by atoms with Crippen LogP contribution in [0.15, 0.2) is 30.3 Å². The molecule has 3 N–H and O–H groups in total. The van der Waals surface area contributed by atoms with Gasteiger partial charge in [0.2, 0.25) is 0 Å². The molecule has 3 nitrogen and oxygen atoms in total. The zero-order valence-corrected chi connectivity index (χ0v) is 14.3. The van der Waals surface area contributed by atoms with Crippen molar-refractivity contribution in [2.24, 2.45) is 5.84 Å². The van der Waals surface area contributed by atoms with Crippen molar-refractivity contribution >= 4 is 33.3 Å². The van der Waals surface area contributed by atoms with E-state index < -0.39 is 0 Å². The van der Waals surface area contributed by atoms with Crippen molar-refractivity contribution in [2.75, 3.05) is 11.6 Å². The molecule has 0 amide bonds. The predicted octanol–water partition coefficient (Wildman–Crippen LogP) is 3.75. The normalized spacial score (nSPS) is 20.3. The minimum Gasteiger partial charge on any atom is -0.272 e. The van der Waals surface area contributed by atoms with Crippen molar-refractivity contribution in [3.05, 3.63) is 51.9 Å². The standard InChI is InChI=1S/C17H19N3S2/c1-21-17-19-16-14(12-9-5-6-10-13(12)22-16)15(20(17)18)11-7-3-2-4-8-11/h2-4,7-8,15H,5-6,9-10,18H2,1H3/p+1. The van der Waals surface area contributed by atoms with Crippen LogP contribution in [-0.4, -0.2) is 16.1 Å². The molecular weight excluding hydrogens is 310 g/mol. The first-order chi connectivity index (χ1) is 10.8. The fourth-order valence-corrected chi connectivity index (χ4v) is 5.41. The maximum atomic E-state index is 6.49. The van der Waals surface area contributed by atoms with E-state index in [4.69, 9.17) is 5.84 Å². The van der Waals surface area contributed by atoms with E-state index in [1.165, 1.54) is 41.8 Å². The Labute approximate surface area is 139 Å². The first-order valence-corrected chi connectivity index (χ1v) is 9.75. The molecule has 0 saturated carbocycles. The number of hydrazine groups is 1. The Hall–Kier alpha value is -1.46. The molecule has 0 bridgehead atoms. The lowest BCUT2D eigenvalue weighted by molar-refractivity contribution is -0.572. The molecule has 0 radical (unpaired) electrons. The van der Waals surface area contributed by atoms with Gasteiger partial charge in [-0.2, -0.15) is 0 Å². The number of hydrogen-bond acceptors (Lipinski definition) is 4. The van der Waals surface area contributed by atoms with E-state index in [0.717, 1.165) is 5.17 Å². The van der Waals surface area contributed by atoms with Gasteiger partial charge in [0.1, 0.15) is 0 Å². The summed E-state index contributed by atoms with van der Waals surface area (Å²) in [4.78, 5) is 1.56. The van der Waals surface area contributed by atoms with Gasteiger partial charge in [-0.3, -0.25) is 5.84 Å². The number of fused-ring (bicyclic) bond motifs is 3. The van der Waals surface area contributed by atoms with Crippen LogP contribution in [0.25, 0.3) is 0 Å². The summed E-state index contributed by atoms with van der Waals surface area (Å²) in [6.07, 6.45) is 7.09. The lowest BCUT2D eigenvalue weighted by Gasteiger charge is -2.24. The molecule has 2 heterocycles. The summed E-state index contributed by atoms with van der Waals surface area (Å²) >= 11 is 3.60. The van der Waals surface area contributed by atoms with Crippen LogP contribution >= 0.6 is 23.1 Å². The highest BCUT2D eigenvalue weighted by Crippen LogP contribution is 2.46. The molecule has 1 atom stereocenters. The van der Waals surface area contributed by atoms with Crippen LogP contribution in [0.2, 0.25) is 0 Å². The molecule has 2 aliphatic rings. The Bertz CT molecular complexity index is 734. The zero-order chi connectivity index (χ0) is 15.1.